The van der Waals surface area contributed by atoms with Crippen molar-refractivity contribution >= 4 is 28.8 Å². The number of benzene rings is 2. The number of anilines is 1. The van der Waals surface area contributed by atoms with E-state index in [1.807, 2.05) is 36.1 Å². The second-order valence-electron chi connectivity index (χ2n) is 7.31. The number of aryl methyl sites for hydroxylation is 1. The van der Waals surface area contributed by atoms with Crippen molar-refractivity contribution in [2.75, 3.05) is 18.4 Å². The molecule has 1 saturated heterocycles. The van der Waals surface area contributed by atoms with E-state index < -0.39 is 0 Å². The minimum absolute atomic E-state index is 0.0246. The number of likely N-dealkylation sites (tertiary alicyclic amines) is 1. The smallest absolute Gasteiger partial charge is 0.286 e. The first-order valence-corrected chi connectivity index (χ1v) is 10.6. The molecule has 4 rings (SSSR count). The largest absolute Gasteiger partial charge is 0.338 e. The number of nitrogens with zero attached hydrogens (tertiary/aromatic N) is 3. The molecule has 8 heteroatoms. The quantitative estimate of drug-likeness (QED) is 0.679. The van der Waals surface area contributed by atoms with E-state index in [1.165, 1.54) is 35.6 Å². The van der Waals surface area contributed by atoms with Crippen molar-refractivity contribution in [3.8, 4) is 0 Å². The Morgan fingerprint density at radius 3 is 2.67 bits per heavy atom. The van der Waals surface area contributed by atoms with Crippen LogP contribution in [0.1, 0.15) is 49.5 Å². The van der Waals surface area contributed by atoms with Gasteiger partial charge in [0.1, 0.15) is 10.8 Å². The van der Waals surface area contributed by atoms with E-state index in [2.05, 4.69) is 15.5 Å². The molecule has 1 aromatic heterocycles. The summed E-state index contributed by atoms with van der Waals surface area (Å²) < 4.78 is 13.0. The Balaban J connectivity index is 1.44. The van der Waals surface area contributed by atoms with E-state index >= 15 is 0 Å². The molecule has 3 aromatic rings. The number of hydrogen-bond acceptors (Lipinski definition) is 5. The van der Waals surface area contributed by atoms with Gasteiger partial charge in [-0.1, -0.05) is 29.5 Å². The topological polar surface area (TPSA) is 75.2 Å². The lowest BCUT2D eigenvalue weighted by Gasteiger charge is -2.32. The molecule has 2 aromatic carbocycles. The van der Waals surface area contributed by atoms with E-state index in [9.17, 15) is 14.0 Å². The number of carbonyl (C=O) groups excluding carboxylic acids is 2. The summed E-state index contributed by atoms with van der Waals surface area (Å²) in [4.78, 5) is 27.2. The Labute approximate surface area is 177 Å². The van der Waals surface area contributed by atoms with Gasteiger partial charge in [-0.15, -0.1) is 10.2 Å². The zero-order chi connectivity index (χ0) is 21.1. The Hall–Kier alpha value is -3.13. The monoisotopic (exact) mass is 424 g/mol. The SMILES string of the molecule is Cc1ccccc1C(=O)N1CCC[C@H](c2nnc(C(=O)Nc3ccc(F)cc3)s2)C1. The Bertz CT molecular complexity index is 1070. The van der Waals surface area contributed by atoms with Gasteiger partial charge >= 0.3 is 0 Å². The fourth-order valence-corrected chi connectivity index (χ4v) is 4.42. The molecule has 1 aliphatic heterocycles. The number of rotatable bonds is 4. The number of hydrogen-bond donors (Lipinski definition) is 1. The molecule has 1 N–H and O–H groups in total. The lowest BCUT2D eigenvalue weighted by Crippen LogP contribution is -2.39. The van der Waals surface area contributed by atoms with Crippen molar-refractivity contribution in [1.29, 1.82) is 0 Å². The minimum atomic E-state index is -0.381. The maximum Gasteiger partial charge on any atom is 0.286 e. The molecule has 1 atom stereocenters. The van der Waals surface area contributed by atoms with Crippen molar-refractivity contribution in [2.45, 2.75) is 25.7 Å². The molecule has 0 aliphatic carbocycles. The van der Waals surface area contributed by atoms with Crippen LogP contribution >= 0.6 is 11.3 Å². The highest BCUT2D eigenvalue weighted by Crippen LogP contribution is 2.30. The van der Waals surface area contributed by atoms with Gasteiger partial charge < -0.3 is 10.2 Å². The average Bonchev–Trinajstić information content (AvgIpc) is 3.26. The molecule has 0 unspecified atom stereocenters. The van der Waals surface area contributed by atoms with Crippen LogP contribution in [0.4, 0.5) is 10.1 Å². The summed E-state index contributed by atoms with van der Waals surface area (Å²) in [6, 6.07) is 13.1. The van der Waals surface area contributed by atoms with Crippen LogP contribution in [0.3, 0.4) is 0 Å². The number of halogens is 1. The van der Waals surface area contributed by atoms with Gasteiger partial charge in [0.2, 0.25) is 5.01 Å². The molecular weight excluding hydrogens is 403 g/mol. The molecule has 2 amide bonds. The van der Waals surface area contributed by atoms with Crippen molar-refractivity contribution < 1.29 is 14.0 Å². The van der Waals surface area contributed by atoms with Crippen LogP contribution in [0.5, 0.6) is 0 Å². The third kappa shape index (κ3) is 4.38. The maximum atomic E-state index is 13.0. The normalized spacial score (nSPS) is 16.3. The molecule has 0 saturated carbocycles. The molecule has 1 fully saturated rings. The number of aromatic nitrogens is 2. The summed E-state index contributed by atoms with van der Waals surface area (Å²) in [5.74, 6) is -0.671. The van der Waals surface area contributed by atoms with Gasteiger partial charge in [0.05, 0.1) is 0 Å². The number of nitrogens with one attached hydrogen (secondary N) is 1. The van der Waals surface area contributed by atoms with Crippen LogP contribution in [-0.2, 0) is 0 Å². The van der Waals surface area contributed by atoms with Crippen molar-refractivity contribution in [3.05, 3.63) is 75.5 Å². The zero-order valence-corrected chi connectivity index (χ0v) is 17.3. The lowest BCUT2D eigenvalue weighted by molar-refractivity contribution is 0.0706. The van der Waals surface area contributed by atoms with Crippen LogP contribution in [-0.4, -0.2) is 40.0 Å². The van der Waals surface area contributed by atoms with Gasteiger partial charge in [-0.2, -0.15) is 0 Å². The van der Waals surface area contributed by atoms with Crippen molar-refractivity contribution in [1.82, 2.24) is 15.1 Å². The third-order valence-electron chi connectivity index (χ3n) is 5.17. The molecule has 1 aliphatic rings. The Morgan fingerprint density at radius 2 is 1.90 bits per heavy atom. The summed E-state index contributed by atoms with van der Waals surface area (Å²) in [6.45, 7) is 3.20. The minimum Gasteiger partial charge on any atom is -0.338 e. The highest BCUT2D eigenvalue weighted by Gasteiger charge is 2.29. The number of piperidine rings is 1. The van der Waals surface area contributed by atoms with E-state index in [4.69, 9.17) is 0 Å². The molecule has 0 spiro atoms. The maximum absolute atomic E-state index is 13.0. The van der Waals surface area contributed by atoms with Crippen LogP contribution < -0.4 is 5.32 Å². The van der Waals surface area contributed by atoms with Crippen LogP contribution in [0.15, 0.2) is 48.5 Å². The van der Waals surface area contributed by atoms with Crippen LogP contribution in [0.2, 0.25) is 0 Å². The molecule has 6 nitrogen and oxygen atoms in total. The van der Waals surface area contributed by atoms with E-state index in [0.29, 0.717) is 18.8 Å². The zero-order valence-electron chi connectivity index (χ0n) is 16.5. The van der Waals surface area contributed by atoms with Crippen molar-refractivity contribution in [3.63, 3.8) is 0 Å². The van der Waals surface area contributed by atoms with Gasteiger partial charge in [0.25, 0.3) is 11.8 Å². The van der Waals surface area contributed by atoms with E-state index in [0.717, 1.165) is 29.0 Å². The second kappa shape index (κ2) is 8.71. The molecule has 154 valence electrons. The summed E-state index contributed by atoms with van der Waals surface area (Å²) in [7, 11) is 0. The van der Waals surface area contributed by atoms with E-state index in [-0.39, 0.29) is 28.6 Å². The molecule has 0 radical (unpaired) electrons. The second-order valence-corrected chi connectivity index (χ2v) is 8.32. The highest BCUT2D eigenvalue weighted by atomic mass is 32.1. The predicted molar refractivity (Wildman–Crippen MR) is 113 cm³/mol. The first kappa shape index (κ1) is 20.2. The van der Waals surface area contributed by atoms with E-state index in [1.54, 1.807) is 0 Å². The Kier molecular flexibility index (Phi) is 5.85. The number of carbonyl (C=O) groups is 2. The van der Waals surface area contributed by atoms with Crippen LogP contribution in [0, 0.1) is 12.7 Å². The fourth-order valence-electron chi connectivity index (χ4n) is 3.56. The van der Waals surface area contributed by atoms with Gasteiger partial charge in [-0.3, -0.25) is 9.59 Å². The third-order valence-corrected chi connectivity index (χ3v) is 6.25. The number of amides is 2. The first-order valence-electron chi connectivity index (χ1n) is 9.76. The summed E-state index contributed by atoms with van der Waals surface area (Å²) in [5.41, 5.74) is 2.17. The Morgan fingerprint density at radius 1 is 1.13 bits per heavy atom. The average molecular weight is 425 g/mol. The molecular formula is C22H21FN4O2S. The van der Waals surface area contributed by atoms with Gasteiger partial charge in [0.15, 0.2) is 0 Å². The lowest BCUT2D eigenvalue weighted by atomic mass is 9.97. The molecule has 2 heterocycles. The summed E-state index contributed by atoms with van der Waals surface area (Å²) in [5, 5.41) is 11.9. The van der Waals surface area contributed by atoms with Gasteiger partial charge in [-0.25, -0.2) is 4.39 Å². The highest BCUT2D eigenvalue weighted by molar-refractivity contribution is 7.13. The van der Waals surface area contributed by atoms with Crippen molar-refractivity contribution in [2.24, 2.45) is 0 Å². The summed E-state index contributed by atoms with van der Waals surface area (Å²) >= 11 is 1.24. The van der Waals surface area contributed by atoms with Gasteiger partial charge in [-0.05, 0) is 55.7 Å². The first-order chi connectivity index (χ1) is 14.5. The van der Waals surface area contributed by atoms with Crippen LogP contribution in [0.25, 0.3) is 0 Å². The standard InChI is InChI=1S/C22H21FN4O2S/c1-14-5-2-3-7-18(14)22(29)27-12-4-6-15(13-27)20-25-26-21(30-20)19(28)24-17-10-8-16(23)9-11-17/h2-3,5,7-11,15H,4,6,12-13H2,1H3,(H,24,28)/t15-/m0/s1. The molecule has 0 bridgehead atoms. The molecule has 30 heavy (non-hydrogen) atoms. The predicted octanol–water partition coefficient (Wildman–Crippen LogP) is 4.26. The van der Waals surface area contributed by atoms with Gasteiger partial charge in [0, 0.05) is 30.3 Å². The summed E-state index contributed by atoms with van der Waals surface area (Å²) in [6.07, 6.45) is 1.77. The fraction of sp³-hybridized carbons (Fsp3) is 0.273.